The average Bonchev–Trinajstić information content (AvgIpc) is 2.68. The lowest BCUT2D eigenvalue weighted by Gasteiger charge is -2.09. The van der Waals surface area contributed by atoms with Crippen molar-refractivity contribution < 1.29 is 14.6 Å². The minimum Gasteiger partial charge on any atom is -0.396 e. The monoisotopic (exact) mass is 242 g/mol. The molecule has 1 rings (SSSR count). The Kier molecular flexibility index (Phi) is 4.92. The smallest absolute Gasteiger partial charge is 0.274 e. The number of hydrogen-bond donors (Lipinski definition) is 3. The first-order chi connectivity index (χ1) is 8.08. The van der Waals surface area contributed by atoms with Gasteiger partial charge in [-0.25, -0.2) is 0 Å². The van der Waals surface area contributed by atoms with E-state index >= 15 is 0 Å². The van der Waals surface area contributed by atoms with E-state index in [4.69, 9.17) is 10.5 Å². The first-order valence-corrected chi connectivity index (χ1v) is 5.36. The normalized spacial score (nSPS) is 12.4. The Labute approximate surface area is 99.6 Å². The van der Waals surface area contributed by atoms with Gasteiger partial charge >= 0.3 is 0 Å². The summed E-state index contributed by atoms with van der Waals surface area (Å²) in [5.74, 6) is -0.398. The number of ether oxygens (including phenoxy) is 1. The maximum Gasteiger partial charge on any atom is 0.274 e. The Morgan fingerprint density at radius 1 is 1.76 bits per heavy atom. The number of aromatic nitrogens is 2. The summed E-state index contributed by atoms with van der Waals surface area (Å²) in [7, 11) is 1.48. The zero-order chi connectivity index (χ0) is 12.8. The number of aliphatic hydroxyl groups excluding tert-OH is 1. The number of carbonyl (C=O) groups is 1. The van der Waals surface area contributed by atoms with Gasteiger partial charge in [0.05, 0.1) is 18.4 Å². The lowest BCUT2D eigenvalue weighted by atomic mass is 10.3. The standard InChI is InChI=1S/C10H18N4O3/c1-3-14-5-8(11)9(13-14)10(16)12-4-7(15)6-17-2/h5,7,15H,3-4,6,11H2,1-2H3,(H,12,16). The molecular formula is C10H18N4O3. The van der Waals surface area contributed by atoms with Gasteiger partial charge in [-0.05, 0) is 6.92 Å². The van der Waals surface area contributed by atoms with Crippen molar-refractivity contribution in [2.75, 3.05) is 26.0 Å². The van der Waals surface area contributed by atoms with Crippen molar-refractivity contribution >= 4 is 11.6 Å². The lowest BCUT2D eigenvalue weighted by molar-refractivity contribution is 0.0608. The van der Waals surface area contributed by atoms with Gasteiger partial charge in [0.1, 0.15) is 0 Å². The molecule has 0 aliphatic carbocycles. The Morgan fingerprint density at radius 3 is 3.00 bits per heavy atom. The molecule has 7 heteroatoms. The van der Waals surface area contributed by atoms with E-state index in [1.54, 1.807) is 10.9 Å². The molecule has 0 radical (unpaired) electrons. The molecular weight excluding hydrogens is 224 g/mol. The fourth-order valence-corrected chi connectivity index (χ4v) is 1.32. The molecule has 1 aromatic rings. The molecule has 1 atom stereocenters. The second-order valence-corrected chi connectivity index (χ2v) is 3.61. The molecule has 0 aromatic carbocycles. The van der Waals surface area contributed by atoms with E-state index in [1.165, 1.54) is 7.11 Å². The third-order valence-corrected chi connectivity index (χ3v) is 2.19. The fraction of sp³-hybridized carbons (Fsp3) is 0.600. The van der Waals surface area contributed by atoms with E-state index < -0.39 is 12.0 Å². The summed E-state index contributed by atoms with van der Waals surface area (Å²) >= 11 is 0. The highest BCUT2D eigenvalue weighted by molar-refractivity contribution is 5.96. The van der Waals surface area contributed by atoms with Gasteiger partial charge in [0.15, 0.2) is 5.69 Å². The van der Waals surface area contributed by atoms with Crippen LogP contribution in [-0.4, -0.2) is 47.2 Å². The first-order valence-electron chi connectivity index (χ1n) is 5.36. The molecule has 17 heavy (non-hydrogen) atoms. The molecule has 0 saturated heterocycles. The van der Waals surface area contributed by atoms with Gasteiger partial charge in [0, 0.05) is 26.4 Å². The van der Waals surface area contributed by atoms with Crippen molar-refractivity contribution in [3.8, 4) is 0 Å². The third-order valence-electron chi connectivity index (χ3n) is 2.19. The van der Waals surface area contributed by atoms with Crippen LogP contribution in [0.3, 0.4) is 0 Å². The van der Waals surface area contributed by atoms with Gasteiger partial charge in [-0.15, -0.1) is 0 Å². The zero-order valence-electron chi connectivity index (χ0n) is 10.0. The van der Waals surface area contributed by atoms with E-state index in [-0.39, 0.29) is 18.8 Å². The maximum atomic E-state index is 11.7. The Morgan fingerprint density at radius 2 is 2.47 bits per heavy atom. The first kappa shape index (κ1) is 13.5. The molecule has 0 aliphatic rings. The second-order valence-electron chi connectivity index (χ2n) is 3.61. The number of amides is 1. The van der Waals surface area contributed by atoms with E-state index in [2.05, 4.69) is 10.4 Å². The van der Waals surface area contributed by atoms with Crippen LogP contribution in [0.1, 0.15) is 17.4 Å². The number of nitrogens with two attached hydrogens (primary N) is 1. The summed E-state index contributed by atoms with van der Waals surface area (Å²) < 4.78 is 6.32. The predicted molar refractivity (Wildman–Crippen MR) is 62.5 cm³/mol. The molecule has 1 unspecified atom stereocenters. The SMILES string of the molecule is CCn1cc(N)c(C(=O)NCC(O)COC)n1. The van der Waals surface area contributed by atoms with Crippen molar-refractivity contribution in [3.05, 3.63) is 11.9 Å². The highest BCUT2D eigenvalue weighted by Gasteiger charge is 2.15. The number of rotatable bonds is 6. The number of aliphatic hydroxyl groups is 1. The van der Waals surface area contributed by atoms with Crippen LogP contribution in [0.5, 0.6) is 0 Å². The number of anilines is 1. The number of aryl methyl sites for hydroxylation is 1. The van der Waals surface area contributed by atoms with Crippen LogP contribution in [0, 0.1) is 0 Å². The van der Waals surface area contributed by atoms with Crippen LogP contribution in [-0.2, 0) is 11.3 Å². The third kappa shape index (κ3) is 3.72. The lowest BCUT2D eigenvalue weighted by Crippen LogP contribution is -2.34. The molecule has 0 spiro atoms. The van der Waals surface area contributed by atoms with E-state index in [9.17, 15) is 9.90 Å². The Hall–Kier alpha value is -1.60. The fourth-order valence-electron chi connectivity index (χ4n) is 1.32. The van der Waals surface area contributed by atoms with Gasteiger partial charge in [0.2, 0.25) is 0 Å². The van der Waals surface area contributed by atoms with Gasteiger partial charge in [-0.3, -0.25) is 9.48 Å². The largest absolute Gasteiger partial charge is 0.396 e. The molecule has 4 N–H and O–H groups in total. The minimum absolute atomic E-state index is 0.102. The van der Waals surface area contributed by atoms with Crippen LogP contribution < -0.4 is 11.1 Å². The van der Waals surface area contributed by atoms with E-state index in [0.29, 0.717) is 12.2 Å². The number of hydrogen-bond acceptors (Lipinski definition) is 5. The van der Waals surface area contributed by atoms with Crippen molar-refractivity contribution in [2.45, 2.75) is 19.6 Å². The van der Waals surface area contributed by atoms with Gasteiger partial charge in [-0.1, -0.05) is 0 Å². The van der Waals surface area contributed by atoms with Crippen molar-refractivity contribution in [1.82, 2.24) is 15.1 Å². The van der Waals surface area contributed by atoms with E-state index in [1.807, 2.05) is 6.92 Å². The summed E-state index contributed by atoms with van der Waals surface area (Å²) in [5, 5.41) is 15.9. The quantitative estimate of drug-likeness (QED) is 0.607. The van der Waals surface area contributed by atoms with Gasteiger partial charge in [-0.2, -0.15) is 5.10 Å². The van der Waals surface area contributed by atoms with Crippen molar-refractivity contribution in [3.63, 3.8) is 0 Å². The minimum atomic E-state index is -0.738. The summed E-state index contributed by atoms with van der Waals surface area (Å²) in [4.78, 5) is 11.7. The molecule has 7 nitrogen and oxygen atoms in total. The maximum absolute atomic E-state index is 11.7. The molecule has 1 aromatic heterocycles. The zero-order valence-corrected chi connectivity index (χ0v) is 10.0. The average molecular weight is 242 g/mol. The number of nitrogens with one attached hydrogen (secondary N) is 1. The number of methoxy groups -OCH3 is 1. The highest BCUT2D eigenvalue weighted by atomic mass is 16.5. The van der Waals surface area contributed by atoms with Crippen molar-refractivity contribution in [1.29, 1.82) is 0 Å². The molecule has 1 amide bonds. The number of nitrogen functional groups attached to an aromatic ring is 1. The molecule has 1 heterocycles. The summed E-state index contributed by atoms with van der Waals surface area (Å²) in [5.41, 5.74) is 6.15. The van der Waals surface area contributed by atoms with Crippen LogP contribution in [0.15, 0.2) is 6.20 Å². The topological polar surface area (TPSA) is 102 Å². The molecule has 0 saturated carbocycles. The molecule has 0 bridgehead atoms. The summed E-state index contributed by atoms with van der Waals surface area (Å²) in [6.45, 7) is 2.81. The van der Waals surface area contributed by atoms with E-state index in [0.717, 1.165) is 0 Å². The summed E-state index contributed by atoms with van der Waals surface area (Å²) in [6, 6.07) is 0. The van der Waals surface area contributed by atoms with Gasteiger partial charge < -0.3 is 20.9 Å². The molecule has 0 fully saturated rings. The Balaban J connectivity index is 2.54. The molecule has 0 aliphatic heterocycles. The van der Waals surface area contributed by atoms with Crippen LogP contribution in [0.25, 0.3) is 0 Å². The van der Waals surface area contributed by atoms with Crippen LogP contribution in [0.4, 0.5) is 5.69 Å². The Bertz CT molecular complexity index is 378. The van der Waals surface area contributed by atoms with Crippen LogP contribution >= 0.6 is 0 Å². The van der Waals surface area contributed by atoms with Crippen molar-refractivity contribution in [2.24, 2.45) is 0 Å². The predicted octanol–water partition coefficient (Wildman–Crippen LogP) is -0.778. The summed E-state index contributed by atoms with van der Waals surface area (Å²) in [6.07, 6.45) is 0.860. The van der Waals surface area contributed by atoms with Crippen LogP contribution in [0.2, 0.25) is 0 Å². The second kappa shape index (κ2) is 6.21. The number of carbonyl (C=O) groups excluding carboxylic acids is 1. The van der Waals surface area contributed by atoms with Gasteiger partial charge in [0.25, 0.3) is 5.91 Å². The highest BCUT2D eigenvalue weighted by Crippen LogP contribution is 2.08. The molecule has 96 valence electrons. The number of nitrogens with zero attached hydrogens (tertiary/aromatic N) is 2.